The topological polar surface area (TPSA) is 79.5 Å². The Morgan fingerprint density at radius 2 is 1.79 bits per heavy atom. The SMILES string of the molecule is COc1cc(/C=C(/C#N)c2ccc3ccccc3c2)cc(Br)c1OCc1cccc(C(=O)O)c1. The van der Waals surface area contributed by atoms with Crippen molar-refractivity contribution in [3.8, 4) is 17.6 Å². The van der Waals surface area contributed by atoms with Crippen LogP contribution in [0.25, 0.3) is 22.4 Å². The fourth-order valence-electron chi connectivity index (χ4n) is 3.62. The lowest BCUT2D eigenvalue weighted by Crippen LogP contribution is -2.02. The van der Waals surface area contributed by atoms with Crippen LogP contribution >= 0.6 is 15.9 Å². The van der Waals surface area contributed by atoms with Crippen LogP contribution in [-0.2, 0) is 6.61 Å². The van der Waals surface area contributed by atoms with E-state index in [9.17, 15) is 15.2 Å². The molecule has 4 rings (SSSR count). The third-order valence-corrected chi connectivity index (χ3v) is 5.89. The van der Waals surface area contributed by atoms with Crippen LogP contribution in [0, 0.1) is 11.3 Å². The highest BCUT2D eigenvalue weighted by Gasteiger charge is 2.13. The van der Waals surface area contributed by atoms with Gasteiger partial charge in [0.15, 0.2) is 11.5 Å². The van der Waals surface area contributed by atoms with Gasteiger partial charge in [-0.05, 0) is 79.8 Å². The van der Waals surface area contributed by atoms with Crippen molar-refractivity contribution in [3.63, 3.8) is 0 Å². The Labute approximate surface area is 205 Å². The molecule has 0 fully saturated rings. The van der Waals surface area contributed by atoms with Crippen molar-refractivity contribution in [2.45, 2.75) is 6.61 Å². The number of hydrogen-bond donors (Lipinski definition) is 1. The van der Waals surface area contributed by atoms with Crippen molar-refractivity contribution >= 4 is 44.3 Å². The number of halogens is 1. The van der Waals surface area contributed by atoms with Crippen LogP contribution in [0.5, 0.6) is 11.5 Å². The van der Waals surface area contributed by atoms with E-state index in [0.29, 0.717) is 21.5 Å². The number of ether oxygens (including phenoxy) is 2. The van der Waals surface area contributed by atoms with Crippen LogP contribution in [0.15, 0.2) is 83.3 Å². The minimum absolute atomic E-state index is 0.172. The fourth-order valence-corrected chi connectivity index (χ4v) is 4.19. The smallest absolute Gasteiger partial charge is 0.335 e. The van der Waals surface area contributed by atoms with Gasteiger partial charge >= 0.3 is 5.97 Å². The number of hydrogen-bond acceptors (Lipinski definition) is 4. The monoisotopic (exact) mass is 513 g/mol. The summed E-state index contributed by atoms with van der Waals surface area (Å²) in [4.78, 5) is 11.2. The van der Waals surface area contributed by atoms with Gasteiger partial charge in [-0.25, -0.2) is 4.79 Å². The molecule has 4 aromatic carbocycles. The first-order valence-electron chi connectivity index (χ1n) is 10.4. The van der Waals surface area contributed by atoms with Crippen LogP contribution in [0.3, 0.4) is 0 Å². The molecule has 0 radical (unpaired) electrons. The predicted octanol–water partition coefficient (Wildman–Crippen LogP) is 6.95. The lowest BCUT2D eigenvalue weighted by atomic mass is 10.00. The van der Waals surface area contributed by atoms with E-state index in [1.165, 1.54) is 6.07 Å². The minimum Gasteiger partial charge on any atom is -0.493 e. The molecule has 0 aliphatic rings. The lowest BCUT2D eigenvalue weighted by Gasteiger charge is -2.14. The first-order valence-corrected chi connectivity index (χ1v) is 11.2. The third kappa shape index (κ3) is 5.11. The molecule has 0 heterocycles. The molecular weight excluding hydrogens is 494 g/mol. The fraction of sp³-hybridized carbons (Fsp3) is 0.0714. The van der Waals surface area contributed by atoms with Crippen LogP contribution in [0.1, 0.15) is 27.0 Å². The van der Waals surface area contributed by atoms with Gasteiger partial charge in [0.05, 0.1) is 28.8 Å². The number of allylic oxidation sites excluding steroid dienone is 1. The summed E-state index contributed by atoms with van der Waals surface area (Å²) < 4.78 is 12.1. The number of methoxy groups -OCH3 is 1. The number of rotatable bonds is 7. The summed E-state index contributed by atoms with van der Waals surface area (Å²) in [6.07, 6.45) is 1.80. The van der Waals surface area contributed by atoms with E-state index in [4.69, 9.17) is 9.47 Å². The average Bonchev–Trinajstić information content (AvgIpc) is 2.86. The van der Waals surface area contributed by atoms with Gasteiger partial charge in [0.2, 0.25) is 0 Å². The third-order valence-electron chi connectivity index (χ3n) is 5.30. The number of carboxylic acids is 1. The van der Waals surface area contributed by atoms with Crippen LogP contribution in [-0.4, -0.2) is 18.2 Å². The zero-order valence-electron chi connectivity index (χ0n) is 18.3. The quantitative estimate of drug-likeness (QED) is 0.213. The standard InChI is InChI=1S/C28H20BrNO4/c1-33-26-14-19(12-24(16-30)22-10-9-20-6-2-3-7-21(20)15-22)13-25(29)27(26)34-17-18-5-4-8-23(11-18)28(31)32/h2-15H,17H2,1H3,(H,31,32)/b24-12-. The first-order chi connectivity index (χ1) is 16.5. The normalized spacial score (nSPS) is 11.1. The Morgan fingerprint density at radius 1 is 1.00 bits per heavy atom. The summed E-state index contributed by atoms with van der Waals surface area (Å²) >= 11 is 3.54. The number of carboxylic acid groups (broad SMARTS) is 1. The molecule has 0 aliphatic carbocycles. The van der Waals surface area contributed by atoms with Gasteiger partial charge in [-0.15, -0.1) is 0 Å². The number of fused-ring (bicyclic) bond motifs is 1. The van der Waals surface area contributed by atoms with Gasteiger partial charge in [0, 0.05) is 0 Å². The number of benzene rings is 4. The maximum atomic E-state index is 11.2. The Balaban J connectivity index is 1.62. The van der Waals surface area contributed by atoms with Gasteiger partial charge in [-0.3, -0.25) is 0 Å². The number of aromatic carboxylic acids is 1. The van der Waals surface area contributed by atoms with E-state index in [2.05, 4.69) is 22.0 Å². The highest BCUT2D eigenvalue weighted by atomic mass is 79.9. The highest BCUT2D eigenvalue weighted by molar-refractivity contribution is 9.10. The van der Waals surface area contributed by atoms with Crippen molar-refractivity contribution in [3.05, 3.63) is 106 Å². The number of carbonyl (C=O) groups is 1. The van der Waals surface area contributed by atoms with E-state index < -0.39 is 5.97 Å². The van der Waals surface area contributed by atoms with E-state index in [0.717, 1.165) is 27.5 Å². The summed E-state index contributed by atoms with van der Waals surface area (Å²) in [5.41, 5.74) is 3.05. The van der Waals surface area contributed by atoms with Gasteiger partial charge in [-0.1, -0.05) is 48.5 Å². The second-order valence-electron chi connectivity index (χ2n) is 7.56. The molecule has 1 N–H and O–H groups in total. The van der Waals surface area contributed by atoms with Gasteiger partial charge in [0.1, 0.15) is 6.61 Å². The average molecular weight is 514 g/mol. The summed E-state index contributed by atoms with van der Waals surface area (Å²) in [6, 6.07) is 26.5. The van der Waals surface area contributed by atoms with E-state index in [-0.39, 0.29) is 12.2 Å². The molecule has 34 heavy (non-hydrogen) atoms. The summed E-state index contributed by atoms with van der Waals surface area (Å²) in [5, 5.41) is 21.2. The molecule has 0 amide bonds. The minimum atomic E-state index is -0.989. The van der Waals surface area contributed by atoms with E-state index in [1.54, 1.807) is 37.5 Å². The molecule has 0 aromatic heterocycles. The molecule has 0 saturated carbocycles. The van der Waals surface area contributed by atoms with E-state index in [1.807, 2.05) is 48.5 Å². The second kappa shape index (κ2) is 10.2. The Kier molecular flexibility index (Phi) is 6.95. The summed E-state index contributed by atoms with van der Waals surface area (Å²) in [5.74, 6) is -0.00753. The molecular formula is C28H20BrNO4. The second-order valence-corrected chi connectivity index (χ2v) is 8.41. The Hall–Kier alpha value is -4.08. The Bertz CT molecular complexity index is 1450. The van der Waals surface area contributed by atoms with Crippen molar-refractivity contribution in [2.75, 3.05) is 7.11 Å². The van der Waals surface area contributed by atoms with Gasteiger partial charge < -0.3 is 14.6 Å². The molecule has 0 bridgehead atoms. The summed E-state index contributed by atoms with van der Waals surface area (Å²) in [7, 11) is 1.54. The molecule has 0 atom stereocenters. The maximum Gasteiger partial charge on any atom is 0.335 e. The van der Waals surface area contributed by atoms with Crippen LogP contribution in [0.2, 0.25) is 0 Å². The van der Waals surface area contributed by atoms with Gasteiger partial charge in [-0.2, -0.15) is 5.26 Å². The Morgan fingerprint density at radius 3 is 2.53 bits per heavy atom. The van der Waals surface area contributed by atoms with E-state index >= 15 is 0 Å². The molecule has 168 valence electrons. The van der Waals surface area contributed by atoms with Crippen molar-refractivity contribution in [1.82, 2.24) is 0 Å². The largest absolute Gasteiger partial charge is 0.493 e. The highest BCUT2D eigenvalue weighted by Crippen LogP contribution is 2.38. The molecule has 0 aliphatic heterocycles. The molecule has 6 heteroatoms. The van der Waals surface area contributed by atoms with Crippen LogP contribution in [0.4, 0.5) is 0 Å². The molecule has 0 unspecified atom stereocenters. The molecule has 5 nitrogen and oxygen atoms in total. The molecule has 4 aromatic rings. The zero-order valence-corrected chi connectivity index (χ0v) is 19.9. The van der Waals surface area contributed by atoms with Crippen LogP contribution < -0.4 is 9.47 Å². The van der Waals surface area contributed by atoms with Gasteiger partial charge in [0.25, 0.3) is 0 Å². The van der Waals surface area contributed by atoms with Crippen molar-refractivity contribution < 1.29 is 19.4 Å². The first kappa shape index (κ1) is 23.1. The number of nitrogens with zero attached hydrogens (tertiary/aromatic N) is 1. The van der Waals surface area contributed by atoms with Crippen molar-refractivity contribution in [1.29, 1.82) is 5.26 Å². The molecule has 0 saturated heterocycles. The lowest BCUT2D eigenvalue weighted by molar-refractivity contribution is 0.0696. The summed E-state index contributed by atoms with van der Waals surface area (Å²) in [6.45, 7) is 0.172. The zero-order chi connectivity index (χ0) is 24.1. The maximum absolute atomic E-state index is 11.2. The van der Waals surface area contributed by atoms with Crippen molar-refractivity contribution in [2.24, 2.45) is 0 Å². The predicted molar refractivity (Wildman–Crippen MR) is 136 cm³/mol. The number of nitriles is 1. The molecule has 0 spiro atoms.